The van der Waals surface area contributed by atoms with E-state index in [-0.39, 0.29) is 31.3 Å². The molecule has 292 valence electrons. The maximum Gasteiger partial charge on any atom is 0.487 e. The van der Waals surface area contributed by atoms with Gasteiger partial charge in [0, 0.05) is 0 Å². The van der Waals surface area contributed by atoms with E-state index in [1.807, 2.05) is 60.7 Å². The van der Waals surface area contributed by atoms with Crippen molar-refractivity contribution in [3.63, 3.8) is 0 Å². The zero-order valence-corrected chi connectivity index (χ0v) is 31.6. The van der Waals surface area contributed by atoms with Gasteiger partial charge in [-0.05, 0) is 81.1 Å². The van der Waals surface area contributed by atoms with Gasteiger partial charge in [-0.3, -0.25) is 9.59 Å². The zero-order chi connectivity index (χ0) is 40.4. The number of halogens is 6. The minimum Gasteiger partial charge on any atom is -0.508 e. The summed E-state index contributed by atoms with van der Waals surface area (Å²) in [7, 11) is -4.82. The van der Waals surface area contributed by atoms with Crippen LogP contribution in [0.25, 0.3) is 0 Å². The Morgan fingerprint density at radius 2 is 1.32 bits per heavy atom. The number of anilines is 1. The molecular weight excluding hydrogens is 755 g/mol. The smallest absolute Gasteiger partial charge is 0.487 e. The summed E-state index contributed by atoms with van der Waals surface area (Å²) in [5, 5.41) is 23.1. The van der Waals surface area contributed by atoms with Gasteiger partial charge in [-0.15, -0.1) is 0 Å². The van der Waals surface area contributed by atoms with Crippen LogP contribution in [0.1, 0.15) is 56.4 Å². The fraction of sp³-hybridized carbons (Fsp3) is 0.317. The second-order valence-electron chi connectivity index (χ2n) is 15.5. The largest absolute Gasteiger partial charge is 0.508 e. The Hall–Kier alpha value is -4.70. The molecule has 3 aliphatic rings. The van der Waals surface area contributed by atoms with Gasteiger partial charge in [0.1, 0.15) is 5.75 Å². The van der Waals surface area contributed by atoms with Crippen LogP contribution in [0.15, 0.2) is 114 Å². The highest BCUT2D eigenvalue weighted by Crippen LogP contribution is 2.53. The molecule has 2 N–H and O–H groups in total. The Morgan fingerprint density at radius 3 is 1.82 bits per heavy atom. The van der Waals surface area contributed by atoms with Crippen molar-refractivity contribution < 1.29 is 55.1 Å². The highest BCUT2D eigenvalue weighted by Gasteiger charge is 2.59. The molecule has 2 heterocycles. The van der Waals surface area contributed by atoms with Gasteiger partial charge in [0.25, 0.3) is 8.32 Å². The van der Waals surface area contributed by atoms with Crippen LogP contribution in [0.2, 0.25) is 5.04 Å². The number of alkyl halides is 6. The molecule has 7 nitrogen and oxygen atoms in total. The fourth-order valence-corrected chi connectivity index (χ4v) is 13.3. The van der Waals surface area contributed by atoms with Crippen LogP contribution < -0.4 is 15.3 Å². The first kappa shape index (κ1) is 39.5. The van der Waals surface area contributed by atoms with Crippen LogP contribution in [0.3, 0.4) is 0 Å². The molecule has 0 radical (unpaired) electrons. The minimum atomic E-state index is -5.21. The second kappa shape index (κ2) is 14.4. The third-order valence-electron chi connectivity index (χ3n) is 11.2. The van der Waals surface area contributed by atoms with Crippen LogP contribution in [0.5, 0.6) is 5.75 Å². The summed E-state index contributed by atoms with van der Waals surface area (Å²) in [6.45, 7) is 6.09. The summed E-state index contributed by atoms with van der Waals surface area (Å²) in [4.78, 5) is 29.2. The molecular formula is C41H38BF6NO6Si. The van der Waals surface area contributed by atoms with Gasteiger partial charge in [-0.2, -0.15) is 26.3 Å². The molecule has 2 fully saturated rings. The van der Waals surface area contributed by atoms with Crippen LogP contribution in [-0.2, 0) is 31.0 Å². The molecule has 1 aliphatic carbocycles. The van der Waals surface area contributed by atoms with Gasteiger partial charge >= 0.3 is 19.5 Å². The number of fused-ring (bicyclic) bond motifs is 3. The van der Waals surface area contributed by atoms with Crippen LogP contribution >= 0.6 is 0 Å². The third-order valence-corrected chi connectivity index (χ3v) is 16.2. The van der Waals surface area contributed by atoms with Gasteiger partial charge in [0.2, 0.25) is 11.8 Å². The Bertz CT molecular complexity index is 2090. The van der Waals surface area contributed by atoms with E-state index in [0.29, 0.717) is 33.6 Å². The first-order valence-corrected chi connectivity index (χ1v) is 20.0. The number of aromatic hydroxyl groups is 1. The monoisotopic (exact) mass is 793 g/mol. The zero-order valence-electron chi connectivity index (χ0n) is 30.6. The molecule has 2 saturated heterocycles. The predicted octanol–water partition coefficient (Wildman–Crippen LogP) is 7.61. The Kier molecular flexibility index (Phi) is 10.1. The average Bonchev–Trinajstić information content (AvgIpc) is 3.40. The van der Waals surface area contributed by atoms with Crippen molar-refractivity contribution in [3.05, 3.63) is 131 Å². The molecule has 0 spiro atoms. The lowest BCUT2D eigenvalue weighted by molar-refractivity contribution is -0.143. The summed E-state index contributed by atoms with van der Waals surface area (Å²) < 4.78 is 96.9. The summed E-state index contributed by atoms with van der Waals surface area (Å²) in [5.41, 5.74) is -2.87. The Labute approximate surface area is 320 Å². The van der Waals surface area contributed by atoms with Gasteiger partial charge < -0.3 is 19.2 Å². The molecule has 2 aliphatic heterocycles. The number of carbonyl (C=O) groups is 2. The lowest BCUT2D eigenvalue weighted by atomic mass is 9.55. The third kappa shape index (κ3) is 6.99. The number of rotatable bonds is 7. The van der Waals surface area contributed by atoms with Crippen LogP contribution in [-0.4, -0.2) is 44.0 Å². The van der Waals surface area contributed by atoms with Crippen molar-refractivity contribution >= 4 is 43.3 Å². The highest BCUT2D eigenvalue weighted by molar-refractivity contribution is 6.99. The summed E-state index contributed by atoms with van der Waals surface area (Å²) in [6, 6.07) is 26.1. The number of benzene rings is 4. The quantitative estimate of drug-likeness (QED) is 0.114. The normalized spacial score (nSPS) is 22.0. The number of hydrogen-bond donors (Lipinski definition) is 2. The van der Waals surface area contributed by atoms with E-state index in [4.69, 9.17) is 9.08 Å². The molecule has 0 unspecified atom stereocenters. The SMILES string of the molecule is CC(C)(C)[Si](OCC1=C2B(O)O[C@H](c3ccc(O)cc3)C[C@H]2[C@H]2C(=O)N(c3cc(C(F)(F)F)cc(C(F)(F)F)c3)C(=O)[C@H]2C1)(c1ccccc1)c1ccccc1. The Morgan fingerprint density at radius 1 is 0.786 bits per heavy atom. The van der Waals surface area contributed by atoms with Crippen LogP contribution in [0, 0.1) is 17.8 Å². The van der Waals surface area contributed by atoms with Gasteiger partial charge in [-0.1, -0.05) is 93.6 Å². The number of allylic oxidation sites excluding steroid dienone is 1. The number of hydrogen-bond acceptors (Lipinski definition) is 6. The van der Waals surface area contributed by atoms with Crippen LogP contribution in [0.4, 0.5) is 32.0 Å². The second-order valence-corrected chi connectivity index (χ2v) is 19.8. The molecule has 2 amide bonds. The molecule has 4 aromatic carbocycles. The number of nitrogens with zero attached hydrogens (tertiary/aromatic N) is 1. The van der Waals surface area contributed by atoms with Crippen molar-refractivity contribution in [2.75, 3.05) is 11.5 Å². The lowest BCUT2D eigenvalue weighted by Crippen LogP contribution is -2.66. The topological polar surface area (TPSA) is 96.3 Å². The van der Waals surface area contributed by atoms with E-state index < -0.39 is 85.3 Å². The van der Waals surface area contributed by atoms with Crippen molar-refractivity contribution in [1.82, 2.24) is 0 Å². The molecule has 0 bridgehead atoms. The molecule has 4 aromatic rings. The van der Waals surface area contributed by atoms with E-state index in [9.17, 15) is 46.1 Å². The first-order valence-electron chi connectivity index (χ1n) is 18.1. The van der Waals surface area contributed by atoms with Crippen molar-refractivity contribution in [2.45, 2.75) is 57.1 Å². The molecule has 56 heavy (non-hydrogen) atoms. The number of phenolic OH excluding ortho intramolecular Hbond substituents is 1. The molecule has 0 aromatic heterocycles. The average molecular weight is 794 g/mol. The summed E-state index contributed by atoms with van der Waals surface area (Å²) in [6.07, 6.45) is -11.4. The van der Waals surface area contributed by atoms with Crippen molar-refractivity contribution in [3.8, 4) is 5.75 Å². The van der Waals surface area contributed by atoms with Gasteiger partial charge in [0.15, 0.2) is 0 Å². The van der Waals surface area contributed by atoms with Gasteiger partial charge in [-0.25, -0.2) is 4.90 Å². The maximum atomic E-state index is 14.4. The lowest BCUT2D eigenvalue weighted by Gasteiger charge is -2.45. The predicted molar refractivity (Wildman–Crippen MR) is 199 cm³/mol. The molecule has 15 heteroatoms. The number of imide groups is 1. The number of amides is 2. The fourth-order valence-electron chi connectivity index (χ4n) is 8.73. The molecule has 7 rings (SSSR count). The first-order chi connectivity index (χ1) is 26.3. The number of carbonyl (C=O) groups excluding carboxylic acids is 2. The Balaban J connectivity index is 1.34. The van der Waals surface area contributed by atoms with Gasteiger partial charge in [0.05, 0.1) is 41.4 Å². The number of phenols is 1. The summed E-state index contributed by atoms with van der Waals surface area (Å²) in [5.74, 6) is -5.29. The van der Waals surface area contributed by atoms with Crippen molar-refractivity contribution in [2.24, 2.45) is 17.8 Å². The van der Waals surface area contributed by atoms with E-state index in [2.05, 4.69) is 20.8 Å². The summed E-state index contributed by atoms with van der Waals surface area (Å²) >= 11 is 0. The molecule has 4 atom stereocenters. The van der Waals surface area contributed by atoms with E-state index >= 15 is 0 Å². The van der Waals surface area contributed by atoms with E-state index in [0.717, 1.165) is 10.4 Å². The highest BCUT2D eigenvalue weighted by atomic mass is 28.4. The minimum absolute atomic E-state index is 0.0299. The van der Waals surface area contributed by atoms with E-state index in [1.165, 1.54) is 12.1 Å². The van der Waals surface area contributed by atoms with Crippen molar-refractivity contribution in [1.29, 1.82) is 0 Å². The maximum absolute atomic E-state index is 14.4. The molecule has 0 saturated carbocycles. The standard InChI is InChI=1S/C41H38BF6NO6Si/c1-39(2,3)56(30-10-6-4-7-11-30,31-12-8-5-9-13-31)54-23-25-18-33-35(32-22-34(55-42(53)36(25)32)24-14-16-29(50)17-15-24)38(52)49(37(33)51)28-20-26(40(43,44)45)19-27(21-28)41(46,47)48/h4-17,19-21,32-35,50,53H,18,22-23H2,1-3H3/t32-,33-,34-,35+/m0/s1. The van der Waals surface area contributed by atoms with E-state index in [1.54, 1.807) is 12.1 Å².